The van der Waals surface area contributed by atoms with Crippen molar-refractivity contribution in [2.75, 3.05) is 0 Å². The van der Waals surface area contributed by atoms with E-state index >= 15 is 0 Å². The summed E-state index contributed by atoms with van der Waals surface area (Å²) in [5, 5.41) is 14.6. The molecule has 2 atom stereocenters. The van der Waals surface area contributed by atoms with Crippen LogP contribution in [0.15, 0.2) is 0 Å². The summed E-state index contributed by atoms with van der Waals surface area (Å²) in [7, 11) is 0. The lowest BCUT2D eigenvalue weighted by Crippen LogP contribution is -2.54. The fourth-order valence-corrected chi connectivity index (χ4v) is 2.41. The van der Waals surface area contributed by atoms with Crippen molar-refractivity contribution in [3.05, 3.63) is 0 Å². The molecule has 1 saturated carbocycles. The Morgan fingerprint density at radius 3 is 2.33 bits per heavy atom. The van der Waals surface area contributed by atoms with Gasteiger partial charge in [-0.25, -0.2) is 9.59 Å². The lowest BCUT2D eigenvalue weighted by molar-refractivity contribution is -0.140. The zero-order valence-corrected chi connectivity index (χ0v) is 11.5. The van der Waals surface area contributed by atoms with E-state index in [1.807, 2.05) is 20.8 Å². The molecule has 0 radical (unpaired) electrons. The number of amides is 2. The van der Waals surface area contributed by atoms with Gasteiger partial charge in [0, 0.05) is 5.54 Å². The molecule has 0 spiro atoms. The summed E-state index contributed by atoms with van der Waals surface area (Å²) in [6.45, 7) is 5.76. The van der Waals surface area contributed by atoms with Gasteiger partial charge in [0.25, 0.3) is 0 Å². The lowest BCUT2D eigenvalue weighted by Gasteiger charge is -2.27. The second-order valence-corrected chi connectivity index (χ2v) is 5.57. The van der Waals surface area contributed by atoms with E-state index in [2.05, 4.69) is 10.6 Å². The number of rotatable bonds is 5. The van der Waals surface area contributed by atoms with Crippen molar-refractivity contribution in [2.24, 2.45) is 5.92 Å². The molecule has 0 aromatic rings. The highest BCUT2D eigenvalue weighted by molar-refractivity contribution is 5.83. The molecule has 18 heavy (non-hydrogen) atoms. The van der Waals surface area contributed by atoms with Crippen LogP contribution in [0.1, 0.15) is 52.9 Å². The van der Waals surface area contributed by atoms with Gasteiger partial charge in [0.2, 0.25) is 0 Å². The molecule has 1 unspecified atom stereocenters. The Morgan fingerprint density at radius 1 is 1.33 bits per heavy atom. The zero-order valence-electron chi connectivity index (χ0n) is 11.5. The normalized spacial score (nSPS) is 21.1. The number of urea groups is 1. The van der Waals surface area contributed by atoms with Gasteiger partial charge in [0.15, 0.2) is 0 Å². The topological polar surface area (TPSA) is 78.4 Å². The first-order valence-electron chi connectivity index (χ1n) is 6.69. The minimum atomic E-state index is -0.976. The van der Waals surface area contributed by atoms with Gasteiger partial charge >= 0.3 is 12.0 Å². The highest BCUT2D eigenvalue weighted by Crippen LogP contribution is 2.28. The molecule has 1 aliphatic carbocycles. The van der Waals surface area contributed by atoms with E-state index in [0.29, 0.717) is 6.42 Å². The standard InChI is InChI=1S/C13H24N2O3/c1-4-9(2)10(11(16)17)14-12(18)15-13(3)7-5-6-8-13/h9-10H,4-8H2,1-3H3,(H,16,17)(H2,14,15,18)/t9?,10-/m0/s1. The maximum atomic E-state index is 11.9. The first kappa shape index (κ1) is 14.8. The van der Waals surface area contributed by atoms with Crippen LogP contribution >= 0.6 is 0 Å². The molecule has 0 aliphatic heterocycles. The van der Waals surface area contributed by atoms with Crippen molar-refractivity contribution in [3.63, 3.8) is 0 Å². The third-order valence-corrected chi connectivity index (χ3v) is 3.89. The third-order valence-electron chi connectivity index (χ3n) is 3.89. The molecule has 5 nitrogen and oxygen atoms in total. The van der Waals surface area contributed by atoms with Crippen molar-refractivity contribution in [1.29, 1.82) is 0 Å². The summed E-state index contributed by atoms with van der Waals surface area (Å²) in [4.78, 5) is 23.0. The van der Waals surface area contributed by atoms with Crippen molar-refractivity contribution >= 4 is 12.0 Å². The quantitative estimate of drug-likeness (QED) is 0.705. The van der Waals surface area contributed by atoms with Gasteiger partial charge in [0.05, 0.1) is 0 Å². The van der Waals surface area contributed by atoms with Gasteiger partial charge in [-0.3, -0.25) is 0 Å². The Labute approximate surface area is 108 Å². The number of carboxylic acids is 1. The number of carbonyl (C=O) groups excluding carboxylic acids is 1. The summed E-state index contributed by atoms with van der Waals surface area (Å²) in [5.74, 6) is -1.05. The first-order valence-corrected chi connectivity index (χ1v) is 6.69. The van der Waals surface area contributed by atoms with Crippen LogP contribution in [0.3, 0.4) is 0 Å². The largest absolute Gasteiger partial charge is 0.480 e. The second-order valence-electron chi connectivity index (χ2n) is 5.57. The number of carbonyl (C=O) groups is 2. The SMILES string of the molecule is CCC(C)[C@H](NC(=O)NC1(C)CCCC1)C(=O)O. The van der Waals surface area contributed by atoms with Gasteiger partial charge in [-0.15, -0.1) is 0 Å². The Kier molecular flexibility index (Phi) is 4.99. The Morgan fingerprint density at radius 2 is 1.89 bits per heavy atom. The van der Waals surface area contributed by atoms with E-state index in [9.17, 15) is 9.59 Å². The smallest absolute Gasteiger partial charge is 0.326 e. The molecular formula is C13H24N2O3. The van der Waals surface area contributed by atoms with Crippen molar-refractivity contribution in [3.8, 4) is 0 Å². The number of hydrogen-bond donors (Lipinski definition) is 3. The summed E-state index contributed by atoms with van der Waals surface area (Å²) in [5.41, 5.74) is -0.178. The average molecular weight is 256 g/mol. The number of nitrogens with one attached hydrogen (secondary N) is 2. The summed E-state index contributed by atoms with van der Waals surface area (Å²) >= 11 is 0. The molecule has 0 saturated heterocycles. The van der Waals surface area contributed by atoms with Gasteiger partial charge in [-0.05, 0) is 25.7 Å². The van der Waals surface area contributed by atoms with E-state index in [-0.39, 0.29) is 17.5 Å². The fraction of sp³-hybridized carbons (Fsp3) is 0.846. The molecule has 0 aromatic carbocycles. The molecular weight excluding hydrogens is 232 g/mol. The second kappa shape index (κ2) is 6.07. The van der Waals surface area contributed by atoms with Gasteiger partial charge < -0.3 is 15.7 Å². The molecule has 3 N–H and O–H groups in total. The van der Waals surface area contributed by atoms with Crippen LogP contribution in [0.5, 0.6) is 0 Å². The van der Waals surface area contributed by atoms with Crippen LogP contribution in [0.25, 0.3) is 0 Å². The molecule has 0 heterocycles. The third kappa shape index (κ3) is 3.89. The van der Waals surface area contributed by atoms with Crippen molar-refractivity contribution in [2.45, 2.75) is 64.5 Å². The summed E-state index contributed by atoms with van der Waals surface area (Å²) < 4.78 is 0. The van der Waals surface area contributed by atoms with Crippen LogP contribution in [0, 0.1) is 5.92 Å². The molecule has 1 rings (SSSR count). The molecule has 0 aromatic heterocycles. The highest BCUT2D eigenvalue weighted by Gasteiger charge is 2.32. The number of carboxylic acid groups (broad SMARTS) is 1. The monoisotopic (exact) mass is 256 g/mol. The van der Waals surface area contributed by atoms with Crippen LogP contribution in [-0.4, -0.2) is 28.7 Å². The predicted molar refractivity (Wildman–Crippen MR) is 69.4 cm³/mol. The number of aliphatic carboxylic acids is 1. The van der Waals surface area contributed by atoms with Gasteiger partial charge in [0.1, 0.15) is 6.04 Å². The van der Waals surface area contributed by atoms with Crippen LogP contribution in [0.2, 0.25) is 0 Å². The van der Waals surface area contributed by atoms with E-state index < -0.39 is 12.0 Å². The molecule has 5 heteroatoms. The minimum Gasteiger partial charge on any atom is -0.480 e. The van der Waals surface area contributed by atoms with Crippen LogP contribution < -0.4 is 10.6 Å². The van der Waals surface area contributed by atoms with E-state index in [1.165, 1.54) is 0 Å². The van der Waals surface area contributed by atoms with E-state index in [1.54, 1.807) is 0 Å². The van der Waals surface area contributed by atoms with Gasteiger partial charge in [-0.1, -0.05) is 33.1 Å². The Balaban J connectivity index is 2.53. The highest BCUT2D eigenvalue weighted by atomic mass is 16.4. The van der Waals surface area contributed by atoms with Crippen LogP contribution in [0.4, 0.5) is 4.79 Å². The summed E-state index contributed by atoms with van der Waals surface area (Å²) in [6, 6.07) is -1.19. The molecule has 1 fully saturated rings. The molecule has 2 amide bonds. The maximum absolute atomic E-state index is 11.9. The molecule has 1 aliphatic rings. The van der Waals surface area contributed by atoms with E-state index in [0.717, 1.165) is 25.7 Å². The number of hydrogen-bond acceptors (Lipinski definition) is 2. The predicted octanol–water partition coefficient (Wildman–Crippen LogP) is 2.12. The zero-order chi connectivity index (χ0) is 13.8. The van der Waals surface area contributed by atoms with Crippen molar-refractivity contribution < 1.29 is 14.7 Å². The molecule has 104 valence electrons. The fourth-order valence-electron chi connectivity index (χ4n) is 2.41. The van der Waals surface area contributed by atoms with E-state index in [4.69, 9.17) is 5.11 Å². The molecule has 0 bridgehead atoms. The van der Waals surface area contributed by atoms with Crippen molar-refractivity contribution in [1.82, 2.24) is 10.6 Å². The minimum absolute atomic E-state index is 0.0790. The summed E-state index contributed by atoms with van der Waals surface area (Å²) in [6.07, 6.45) is 4.87. The average Bonchev–Trinajstić information content (AvgIpc) is 2.71. The van der Waals surface area contributed by atoms with Crippen LogP contribution in [-0.2, 0) is 4.79 Å². The first-order chi connectivity index (χ1) is 8.38. The Hall–Kier alpha value is -1.26. The lowest BCUT2D eigenvalue weighted by atomic mass is 9.99. The maximum Gasteiger partial charge on any atom is 0.326 e. The van der Waals surface area contributed by atoms with Gasteiger partial charge in [-0.2, -0.15) is 0 Å². The Bertz CT molecular complexity index is 311.